The lowest BCUT2D eigenvalue weighted by Gasteiger charge is -1.90. The van der Waals surface area contributed by atoms with Crippen molar-refractivity contribution in [1.82, 2.24) is 4.57 Å². The molecule has 0 saturated carbocycles. The van der Waals surface area contributed by atoms with E-state index in [2.05, 4.69) is 42.4 Å². The van der Waals surface area contributed by atoms with Crippen LogP contribution in [0.3, 0.4) is 0 Å². The van der Waals surface area contributed by atoms with Gasteiger partial charge in [0.1, 0.15) is 12.4 Å². The molecule has 1 heterocycles. The molecule has 0 bridgehead atoms. The molecule has 2 nitrogen and oxygen atoms in total. The molecule has 0 fully saturated rings. The van der Waals surface area contributed by atoms with E-state index in [-0.39, 0.29) is 31.4 Å². The standard InChI is InChI=1S/C7H13N2.CH4.HI/c1-4-9-6-5-8(3)7(9)2;;/h5-6H,4H2,1-3H3;1H4;1H/q+1;;/p-1. The maximum atomic E-state index is 2.21. The van der Waals surface area contributed by atoms with Crippen molar-refractivity contribution in [2.75, 3.05) is 0 Å². The highest BCUT2D eigenvalue weighted by Crippen LogP contribution is 1.89. The lowest BCUT2D eigenvalue weighted by Crippen LogP contribution is -3.00. The van der Waals surface area contributed by atoms with Crippen LogP contribution in [-0.4, -0.2) is 4.57 Å². The first-order valence-electron chi connectivity index (χ1n) is 3.27. The molecule has 1 aromatic rings. The van der Waals surface area contributed by atoms with Crippen LogP contribution in [0.1, 0.15) is 20.2 Å². The molecule has 0 amide bonds. The van der Waals surface area contributed by atoms with Gasteiger partial charge >= 0.3 is 0 Å². The van der Waals surface area contributed by atoms with Gasteiger partial charge in [0.25, 0.3) is 5.82 Å². The van der Waals surface area contributed by atoms with E-state index in [0.29, 0.717) is 0 Å². The average Bonchev–Trinajstić information content (AvgIpc) is 2.15. The maximum Gasteiger partial charge on any atom is 0.252 e. The van der Waals surface area contributed by atoms with Crippen LogP contribution in [0.4, 0.5) is 0 Å². The second-order valence-electron chi connectivity index (χ2n) is 2.24. The van der Waals surface area contributed by atoms with E-state index in [1.807, 2.05) is 0 Å². The summed E-state index contributed by atoms with van der Waals surface area (Å²) in [5.41, 5.74) is 0. The summed E-state index contributed by atoms with van der Waals surface area (Å²) in [5.74, 6) is 1.30. The summed E-state index contributed by atoms with van der Waals surface area (Å²) in [4.78, 5) is 0. The van der Waals surface area contributed by atoms with Crippen LogP contribution in [0, 0.1) is 6.92 Å². The fraction of sp³-hybridized carbons (Fsp3) is 0.625. The molecule has 0 atom stereocenters. The van der Waals surface area contributed by atoms with E-state index >= 15 is 0 Å². The average molecular weight is 268 g/mol. The second-order valence-corrected chi connectivity index (χ2v) is 2.24. The van der Waals surface area contributed by atoms with Crippen molar-refractivity contribution in [3.05, 3.63) is 18.2 Å². The first-order valence-corrected chi connectivity index (χ1v) is 3.27. The van der Waals surface area contributed by atoms with Crippen molar-refractivity contribution < 1.29 is 28.5 Å². The van der Waals surface area contributed by atoms with E-state index < -0.39 is 0 Å². The molecular formula is C8H17IN2. The Morgan fingerprint density at radius 3 is 2.27 bits per heavy atom. The molecule has 0 radical (unpaired) electrons. The number of imidazole rings is 1. The molecule has 11 heavy (non-hydrogen) atoms. The number of nitrogens with zero attached hydrogens (tertiary/aromatic N) is 2. The van der Waals surface area contributed by atoms with E-state index in [1.54, 1.807) is 0 Å². The summed E-state index contributed by atoms with van der Waals surface area (Å²) < 4.78 is 4.32. The molecule has 66 valence electrons. The molecule has 0 spiro atoms. The normalized spacial score (nSPS) is 8.27. The van der Waals surface area contributed by atoms with Crippen LogP contribution in [0.15, 0.2) is 12.4 Å². The number of rotatable bonds is 1. The Kier molecular flexibility index (Phi) is 6.85. The molecule has 3 heteroatoms. The molecule has 0 N–H and O–H groups in total. The predicted octanol–water partition coefficient (Wildman–Crippen LogP) is -1.72. The van der Waals surface area contributed by atoms with Crippen LogP contribution in [-0.2, 0) is 13.6 Å². The molecule has 0 aliphatic heterocycles. The SMILES string of the molecule is C.CCn1cc[n+](C)c1C.[I-]. The fourth-order valence-corrected chi connectivity index (χ4v) is 0.933. The van der Waals surface area contributed by atoms with Crippen molar-refractivity contribution in [2.24, 2.45) is 7.05 Å². The highest BCUT2D eigenvalue weighted by atomic mass is 127. The zero-order chi connectivity index (χ0) is 6.85. The van der Waals surface area contributed by atoms with Gasteiger partial charge in [-0.25, -0.2) is 9.13 Å². The minimum Gasteiger partial charge on any atom is -1.00 e. The molecule has 1 rings (SSSR count). The minimum absolute atomic E-state index is 0. The summed E-state index contributed by atoms with van der Waals surface area (Å²) in [6, 6.07) is 0. The Morgan fingerprint density at radius 2 is 2.09 bits per heavy atom. The van der Waals surface area contributed by atoms with Gasteiger partial charge in [-0.15, -0.1) is 0 Å². The van der Waals surface area contributed by atoms with Crippen LogP contribution in [0.5, 0.6) is 0 Å². The van der Waals surface area contributed by atoms with Crippen molar-refractivity contribution in [2.45, 2.75) is 27.8 Å². The summed E-state index contributed by atoms with van der Waals surface area (Å²) in [5, 5.41) is 0. The largest absolute Gasteiger partial charge is 1.00 e. The number of hydrogen-bond donors (Lipinski definition) is 0. The van der Waals surface area contributed by atoms with Gasteiger partial charge in [0.2, 0.25) is 0 Å². The van der Waals surface area contributed by atoms with Gasteiger partial charge in [-0.2, -0.15) is 0 Å². The minimum atomic E-state index is 0. The fourth-order valence-electron chi connectivity index (χ4n) is 0.933. The summed E-state index contributed by atoms with van der Waals surface area (Å²) in [6.07, 6.45) is 4.16. The third-order valence-electron chi connectivity index (χ3n) is 1.74. The monoisotopic (exact) mass is 268 g/mol. The van der Waals surface area contributed by atoms with E-state index in [4.69, 9.17) is 0 Å². The first-order chi connectivity index (χ1) is 4.25. The Hall–Kier alpha value is -0.0600. The molecule has 0 unspecified atom stereocenters. The van der Waals surface area contributed by atoms with Gasteiger partial charge < -0.3 is 24.0 Å². The number of halogens is 1. The first kappa shape index (κ1) is 13.5. The molecule has 0 aliphatic carbocycles. The van der Waals surface area contributed by atoms with Crippen molar-refractivity contribution in [3.63, 3.8) is 0 Å². The topological polar surface area (TPSA) is 8.81 Å². The molecule has 1 aromatic heterocycles. The smallest absolute Gasteiger partial charge is 0.252 e. The van der Waals surface area contributed by atoms with E-state index in [1.165, 1.54) is 5.82 Å². The van der Waals surface area contributed by atoms with E-state index in [0.717, 1.165) is 6.54 Å². The van der Waals surface area contributed by atoms with Gasteiger partial charge in [0.15, 0.2) is 0 Å². The van der Waals surface area contributed by atoms with Crippen molar-refractivity contribution >= 4 is 0 Å². The van der Waals surface area contributed by atoms with Gasteiger partial charge in [-0.05, 0) is 6.92 Å². The van der Waals surface area contributed by atoms with Crippen LogP contribution in [0.2, 0.25) is 0 Å². The van der Waals surface area contributed by atoms with E-state index in [9.17, 15) is 0 Å². The van der Waals surface area contributed by atoms with Crippen molar-refractivity contribution in [1.29, 1.82) is 0 Å². The zero-order valence-electron chi connectivity index (χ0n) is 6.63. The highest BCUT2D eigenvalue weighted by molar-refractivity contribution is 4.77. The zero-order valence-corrected chi connectivity index (χ0v) is 8.79. The summed E-state index contributed by atoms with van der Waals surface area (Å²) in [6.45, 7) is 5.32. The van der Waals surface area contributed by atoms with Crippen LogP contribution < -0.4 is 28.5 Å². The Labute approximate surface area is 86.3 Å². The number of hydrogen-bond acceptors (Lipinski definition) is 0. The van der Waals surface area contributed by atoms with Crippen LogP contribution in [0.25, 0.3) is 0 Å². The maximum absolute atomic E-state index is 2.21. The Bertz CT molecular complexity index is 206. The van der Waals surface area contributed by atoms with Gasteiger partial charge in [-0.1, -0.05) is 7.43 Å². The van der Waals surface area contributed by atoms with Crippen LogP contribution >= 0.6 is 0 Å². The van der Waals surface area contributed by atoms with Gasteiger partial charge in [0, 0.05) is 6.92 Å². The molecule has 0 saturated heterocycles. The van der Waals surface area contributed by atoms with Gasteiger partial charge in [0.05, 0.1) is 13.6 Å². The Balaban J connectivity index is 0. The van der Waals surface area contributed by atoms with Crippen molar-refractivity contribution in [3.8, 4) is 0 Å². The van der Waals surface area contributed by atoms with Gasteiger partial charge in [-0.3, -0.25) is 0 Å². The number of aromatic nitrogens is 2. The summed E-state index contributed by atoms with van der Waals surface area (Å²) >= 11 is 0. The molecule has 0 aliphatic rings. The lowest BCUT2D eigenvalue weighted by molar-refractivity contribution is -0.677. The highest BCUT2D eigenvalue weighted by Gasteiger charge is 2.03. The third kappa shape index (κ3) is 2.81. The predicted molar refractivity (Wildman–Crippen MR) is 42.8 cm³/mol. The quantitative estimate of drug-likeness (QED) is 0.423. The Morgan fingerprint density at radius 1 is 1.55 bits per heavy atom. The molecule has 0 aromatic carbocycles. The molecular weight excluding hydrogens is 251 g/mol. The lowest BCUT2D eigenvalue weighted by atomic mass is 10.6. The second kappa shape index (κ2) is 5.57. The number of aryl methyl sites for hydroxylation is 2. The summed E-state index contributed by atoms with van der Waals surface area (Å²) in [7, 11) is 2.06. The third-order valence-corrected chi connectivity index (χ3v) is 1.74.